The molecular weight excluding hydrogens is 366 g/mol. The second kappa shape index (κ2) is 7.73. The zero-order valence-corrected chi connectivity index (χ0v) is 16.5. The van der Waals surface area contributed by atoms with Crippen molar-refractivity contribution in [3.8, 4) is 5.69 Å². The smallest absolute Gasteiger partial charge is 0.237 e. The third kappa shape index (κ3) is 3.60. The number of nitrogens with two attached hydrogens (primary N) is 1. The molecule has 138 valence electrons. The summed E-state index contributed by atoms with van der Waals surface area (Å²) < 4.78 is 26.4. The quantitative estimate of drug-likeness (QED) is 0.659. The Balaban J connectivity index is 2.20. The first kappa shape index (κ1) is 18.8. The maximum absolute atomic E-state index is 12.1. The van der Waals surface area contributed by atoms with Crippen LogP contribution in [0.15, 0.2) is 58.3 Å². The minimum Gasteiger partial charge on any atom is -0.237 e. The van der Waals surface area contributed by atoms with Gasteiger partial charge in [0.15, 0.2) is 0 Å². The van der Waals surface area contributed by atoms with E-state index in [1.807, 2.05) is 47.1 Å². The van der Waals surface area contributed by atoms with Gasteiger partial charge in [0.05, 0.1) is 11.4 Å². The minimum absolute atomic E-state index is 0.0905. The number of sulfonamides is 1. The van der Waals surface area contributed by atoms with E-state index < -0.39 is 10.0 Å². The molecule has 0 spiro atoms. The van der Waals surface area contributed by atoms with Gasteiger partial charge < -0.3 is 0 Å². The lowest BCUT2D eigenvalue weighted by atomic mass is 9.81. The molecule has 0 amide bonds. The van der Waals surface area contributed by atoms with E-state index in [0.29, 0.717) is 0 Å². The van der Waals surface area contributed by atoms with Gasteiger partial charge in [0.2, 0.25) is 10.0 Å². The predicted molar refractivity (Wildman–Crippen MR) is 105 cm³/mol. The van der Waals surface area contributed by atoms with Gasteiger partial charge in [0.25, 0.3) is 0 Å². The van der Waals surface area contributed by atoms with Crippen molar-refractivity contribution >= 4 is 21.4 Å². The van der Waals surface area contributed by atoms with Gasteiger partial charge in [0.1, 0.15) is 4.21 Å². The molecular formula is C19H23N3O2S2. The summed E-state index contributed by atoms with van der Waals surface area (Å²) in [5, 5.41) is 11.8. The molecule has 7 heteroatoms. The average Bonchev–Trinajstić information content (AvgIpc) is 3.29. The molecule has 2 N–H and O–H groups in total. The fourth-order valence-electron chi connectivity index (χ4n) is 3.52. The molecule has 1 unspecified atom stereocenters. The topological polar surface area (TPSA) is 78.0 Å². The summed E-state index contributed by atoms with van der Waals surface area (Å²) in [5.74, 6) is 0.191. The SMILES string of the molecule is CCC(CC)C(c1ccsc1S(N)(=O)=O)c1ccnn1-c1ccccc1. The van der Waals surface area contributed by atoms with Crippen LogP contribution in [0.4, 0.5) is 0 Å². The fourth-order valence-corrected chi connectivity index (χ4v) is 5.41. The van der Waals surface area contributed by atoms with Gasteiger partial charge in [-0.15, -0.1) is 11.3 Å². The van der Waals surface area contributed by atoms with E-state index in [1.54, 1.807) is 11.6 Å². The standard InChI is InChI=1S/C19H23N3O2S2/c1-3-14(4-2)18(16-11-13-25-19(16)26(20,23)24)17-10-12-21-22(17)15-8-6-5-7-9-15/h5-14,18H,3-4H2,1-2H3,(H2,20,23,24). The van der Waals surface area contributed by atoms with Crippen LogP contribution in [-0.4, -0.2) is 18.2 Å². The van der Waals surface area contributed by atoms with Crippen LogP contribution in [0.2, 0.25) is 0 Å². The fraction of sp³-hybridized carbons (Fsp3) is 0.316. The van der Waals surface area contributed by atoms with Crippen LogP contribution in [-0.2, 0) is 10.0 Å². The minimum atomic E-state index is -3.76. The lowest BCUT2D eigenvalue weighted by molar-refractivity contribution is 0.423. The molecule has 0 aliphatic carbocycles. The Morgan fingerprint density at radius 1 is 1.12 bits per heavy atom. The Morgan fingerprint density at radius 3 is 2.42 bits per heavy atom. The number of benzene rings is 1. The number of primary sulfonamides is 1. The molecule has 0 aliphatic heterocycles. The van der Waals surface area contributed by atoms with E-state index in [9.17, 15) is 8.42 Å². The summed E-state index contributed by atoms with van der Waals surface area (Å²) in [6.45, 7) is 4.26. The van der Waals surface area contributed by atoms with Crippen molar-refractivity contribution in [1.82, 2.24) is 9.78 Å². The summed E-state index contributed by atoms with van der Waals surface area (Å²) in [7, 11) is -3.76. The first-order valence-corrected chi connectivity index (χ1v) is 11.1. The first-order chi connectivity index (χ1) is 12.5. The van der Waals surface area contributed by atoms with Gasteiger partial charge in [-0.05, 0) is 41.1 Å². The van der Waals surface area contributed by atoms with E-state index in [0.717, 1.165) is 29.8 Å². The van der Waals surface area contributed by atoms with E-state index in [-0.39, 0.29) is 16.0 Å². The number of thiophene rings is 1. The number of hydrogen-bond acceptors (Lipinski definition) is 4. The van der Waals surface area contributed by atoms with Crippen molar-refractivity contribution in [2.75, 3.05) is 0 Å². The van der Waals surface area contributed by atoms with Gasteiger partial charge in [-0.1, -0.05) is 44.9 Å². The Labute approximate surface area is 158 Å². The predicted octanol–water partition coefficient (Wildman–Crippen LogP) is 4.15. The monoisotopic (exact) mass is 389 g/mol. The molecule has 2 heterocycles. The van der Waals surface area contributed by atoms with Crippen LogP contribution in [0.1, 0.15) is 43.9 Å². The van der Waals surface area contributed by atoms with Crippen molar-refractivity contribution in [1.29, 1.82) is 0 Å². The van der Waals surface area contributed by atoms with Gasteiger partial charge in [-0.2, -0.15) is 5.10 Å². The number of para-hydroxylation sites is 1. The number of hydrogen-bond donors (Lipinski definition) is 1. The zero-order chi connectivity index (χ0) is 18.7. The Kier molecular flexibility index (Phi) is 5.60. The Hall–Kier alpha value is -1.96. The zero-order valence-electron chi connectivity index (χ0n) is 14.9. The number of nitrogens with zero attached hydrogens (tertiary/aromatic N) is 2. The molecule has 3 rings (SSSR count). The van der Waals surface area contributed by atoms with Gasteiger partial charge in [-0.25, -0.2) is 18.2 Å². The lowest BCUT2D eigenvalue weighted by Gasteiger charge is -2.26. The second-order valence-electron chi connectivity index (χ2n) is 6.27. The van der Waals surface area contributed by atoms with Crippen LogP contribution in [0.25, 0.3) is 5.69 Å². The molecule has 0 fully saturated rings. The van der Waals surface area contributed by atoms with Crippen LogP contribution in [0.3, 0.4) is 0 Å². The highest BCUT2D eigenvalue weighted by Crippen LogP contribution is 2.41. The van der Waals surface area contributed by atoms with Crippen molar-refractivity contribution in [3.63, 3.8) is 0 Å². The summed E-state index contributed by atoms with van der Waals surface area (Å²) in [4.78, 5) is 0. The van der Waals surface area contributed by atoms with E-state index in [1.165, 1.54) is 11.3 Å². The lowest BCUT2D eigenvalue weighted by Crippen LogP contribution is -2.20. The maximum atomic E-state index is 12.1. The summed E-state index contributed by atoms with van der Waals surface area (Å²) in [6, 6.07) is 13.7. The summed E-state index contributed by atoms with van der Waals surface area (Å²) in [5.41, 5.74) is 2.70. The summed E-state index contributed by atoms with van der Waals surface area (Å²) >= 11 is 1.18. The van der Waals surface area contributed by atoms with Crippen molar-refractivity contribution in [2.24, 2.45) is 11.1 Å². The highest BCUT2D eigenvalue weighted by atomic mass is 32.2. The maximum Gasteiger partial charge on any atom is 0.247 e. The van der Waals surface area contributed by atoms with Gasteiger partial charge >= 0.3 is 0 Å². The van der Waals surface area contributed by atoms with Crippen molar-refractivity contribution in [2.45, 2.75) is 36.8 Å². The van der Waals surface area contributed by atoms with Gasteiger partial charge in [0, 0.05) is 12.1 Å². The second-order valence-corrected chi connectivity index (χ2v) is 8.94. The van der Waals surface area contributed by atoms with Crippen LogP contribution < -0.4 is 5.14 Å². The number of aromatic nitrogens is 2. The average molecular weight is 390 g/mol. The molecule has 0 bridgehead atoms. The largest absolute Gasteiger partial charge is 0.247 e. The number of rotatable bonds is 7. The van der Waals surface area contributed by atoms with E-state index >= 15 is 0 Å². The first-order valence-electron chi connectivity index (χ1n) is 8.66. The van der Waals surface area contributed by atoms with Crippen molar-refractivity contribution < 1.29 is 8.42 Å². The molecule has 3 aromatic rings. The molecule has 0 saturated heterocycles. The van der Waals surface area contributed by atoms with Crippen molar-refractivity contribution in [3.05, 3.63) is 65.3 Å². The third-order valence-electron chi connectivity index (χ3n) is 4.76. The Bertz CT molecular complexity index is 958. The molecule has 0 aliphatic rings. The van der Waals surface area contributed by atoms with Crippen LogP contribution >= 0.6 is 11.3 Å². The van der Waals surface area contributed by atoms with Gasteiger partial charge in [-0.3, -0.25) is 0 Å². The van der Waals surface area contributed by atoms with Crippen LogP contribution in [0, 0.1) is 5.92 Å². The van der Waals surface area contributed by atoms with E-state index in [4.69, 9.17) is 5.14 Å². The molecule has 0 saturated carbocycles. The normalized spacial score (nSPS) is 13.2. The third-order valence-corrected chi connectivity index (χ3v) is 7.22. The molecule has 26 heavy (non-hydrogen) atoms. The molecule has 1 atom stereocenters. The molecule has 0 radical (unpaired) electrons. The van der Waals surface area contributed by atoms with E-state index in [2.05, 4.69) is 18.9 Å². The molecule has 2 aromatic heterocycles. The van der Waals surface area contributed by atoms with Crippen LogP contribution in [0.5, 0.6) is 0 Å². The molecule has 1 aromatic carbocycles. The highest BCUT2D eigenvalue weighted by molar-refractivity contribution is 7.91. The highest BCUT2D eigenvalue weighted by Gasteiger charge is 2.31. The summed E-state index contributed by atoms with van der Waals surface area (Å²) in [6.07, 6.45) is 3.63. The Morgan fingerprint density at radius 2 is 1.81 bits per heavy atom. The molecule has 5 nitrogen and oxygen atoms in total.